The van der Waals surface area contributed by atoms with Crippen molar-refractivity contribution >= 4 is 22.5 Å². The third-order valence-corrected chi connectivity index (χ3v) is 4.57. The van der Waals surface area contributed by atoms with Crippen LogP contribution in [0, 0.1) is 5.95 Å². The zero-order chi connectivity index (χ0) is 21.6. The fourth-order valence-corrected chi connectivity index (χ4v) is 3.06. The molecule has 10 heteroatoms. The Kier molecular flexibility index (Phi) is 6.18. The third-order valence-electron chi connectivity index (χ3n) is 4.57. The Bertz CT molecular complexity index is 1170. The lowest BCUT2D eigenvalue weighted by molar-refractivity contribution is 0.144. The van der Waals surface area contributed by atoms with Gasteiger partial charge in [0.05, 0.1) is 31.0 Å². The van der Waals surface area contributed by atoms with Crippen LogP contribution < -0.4 is 14.8 Å². The zero-order valence-electron chi connectivity index (χ0n) is 17.1. The maximum absolute atomic E-state index is 14.7. The summed E-state index contributed by atoms with van der Waals surface area (Å²) < 4.78 is 30.5. The first-order valence-corrected chi connectivity index (χ1v) is 9.53. The highest BCUT2D eigenvalue weighted by Crippen LogP contribution is 2.28. The molecule has 0 unspecified atom stereocenters. The minimum absolute atomic E-state index is 0.303. The Morgan fingerprint density at radius 2 is 1.94 bits per heavy atom. The van der Waals surface area contributed by atoms with E-state index >= 15 is 0 Å². The first-order chi connectivity index (χ1) is 15.2. The first-order valence-electron chi connectivity index (χ1n) is 9.53. The number of aromatic amines is 1. The summed E-state index contributed by atoms with van der Waals surface area (Å²) in [5.41, 5.74) is 2.54. The van der Waals surface area contributed by atoms with Gasteiger partial charge in [-0.15, -0.1) is 0 Å². The van der Waals surface area contributed by atoms with Gasteiger partial charge < -0.3 is 24.5 Å². The molecule has 0 amide bonds. The number of aromatic nitrogens is 5. The molecule has 0 aliphatic carbocycles. The van der Waals surface area contributed by atoms with E-state index in [9.17, 15) is 4.39 Å². The summed E-state index contributed by atoms with van der Waals surface area (Å²) in [6, 6.07) is 6.88. The van der Waals surface area contributed by atoms with E-state index in [1.54, 1.807) is 50.9 Å². The summed E-state index contributed by atoms with van der Waals surface area (Å²) in [6.07, 6.45) is 5.08. The molecule has 0 aromatic carbocycles. The van der Waals surface area contributed by atoms with Crippen LogP contribution in [0.25, 0.3) is 11.0 Å². The molecule has 0 spiro atoms. The van der Waals surface area contributed by atoms with Crippen molar-refractivity contribution < 1.29 is 18.6 Å². The van der Waals surface area contributed by atoms with Crippen LogP contribution in [0.15, 0.2) is 43.0 Å². The molecule has 4 aromatic rings. The molecule has 160 valence electrons. The molecule has 4 heterocycles. The summed E-state index contributed by atoms with van der Waals surface area (Å²) >= 11 is 0. The molecule has 2 N–H and O–H groups in total. The first kappa shape index (κ1) is 20.5. The van der Waals surface area contributed by atoms with Crippen molar-refractivity contribution in [1.82, 2.24) is 24.9 Å². The van der Waals surface area contributed by atoms with E-state index in [0.29, 0.717) is 59.5 Å². The van der Waals surface area contributed by atoms with Gasteiger partial charge in [-0.05, 0) is 17.7 Å². The van der Waals surface area contributed by atoms with E-state index in [4.69, 9.17) is 14.2 Å². The standard InChI is InChI=1S/C21H21FN6O3/c1-29-7-8-31-21-18-14(10-24-20(18)25-12-26-21)9-13-3-5-16(28-19(13)22)27-15-4-6-17(30-2)23-11-15/h3-6,10-12H,7-9H2,1-2H3,(H,27,28)(H,24,25,26). The zero-order valence-corrected chi connectivity index (χ0v) is 17.1. The third kappa shape index (κ3) is 4.69. The molecule has 0 radical (unpaired) electrons. The number of ether oxygens (including phenoxy) is 3. The van der Waals surface area contributed by atoms with E-state index in [1.165, 1.54) is 6.33 Å². The Morgan fingerprint density at radius 3 is 2.68 bits per heavy atom. The quantitative estimate of drug-likeness (QED) is 0.311. The Labute approximate surface area is 177 Å². The van der Waals surface area contributed by atoms with Crippen molar-refractivity contribution in [1.29, 1.82) is 0 Å². The number of nitrogens with zero attached hydrogens (tertiary/aromatic N) is 4. The molecular formula is C21H21FN6O3. The number of methoxy groups -OCH3 is 2. The largest absolute Gasteiger partial charge is 0.481 e. The molecule has 0 aliphatic heterocycles. The maximum atomic E-state index is 14.7. The maximum Gasteiger partial charge on any atom is 0.226 e. The van der Waals surface area contributed by atoms with Crippen LogP contribution in [0.3, 0.4) is 0 Å². The van der Waals surface area contributed by atoms with Crippen LogP contribution in [0.4, 0.5) is 15.9 Å². The summed E-state index contributed by atoms with van der Waals surface area (Å²) in [6.45, 7) is 0.783. The summed E-state index contributed by atoms with van der Waals surface area (Å²) in [4.78, 5) is 19.6. The molecule has 0 atom stereocenters. The highest BCUT2D eigenvalue weighted by atomic mass is 19.1. The van der Waals surface area contributed by atoms with E-state index < -0.39 is 5.95 Å². The molecule has 0 aliphatic rings. The molecule has 4 rings (SSSR count). The van der Waals surface area contributed by atoms with E-state index in [1.807, 2.05) is 0 Å². The minimum Gasteiger partial charge on any atom is -0.481 e. The van der Waals surface area contributed by atoms with Gasteiger partial charge in [0.25, 0.3) is 0 Å². The number of H-pyrrole nitrogens is 1. The van der Waals surface area contributed by atoms with Crippen molar-refractivity contribution in [3.63, 3.8) is 0 Å². The number of hydrogen-bond acceptors (Lipinski definition) is 8. The fourth-order valence-electron chi connectivity index (χ4n) is 3.06. The lowest BCUT2D eigenvalue weighted by atomic mass is 10.1. The summed E-state index contributed by atoms with van der Waals surface area (Å²) in [5, 5.41) is 3.73. The highest BCUT2D eigenvalue weighted by molar-refractivity contribution is 5.85. The summed E-state index contributed by atoms with van der Waals surface area (Å²) in [7, 11) is 3.14. The van der Waals surface area contributed by atoms with Crippen molar-refractivity contribution in [2.45, 2.75) is 6.42 Å². The van der Waals surface area contributed by atoms with Gasteiger partial charge in [-0.25, -0.2) is 19.9 Å². The average molecular weight is 424 g/mol. The predicted octanol–water partition coefficient (Wildman–Crippen LogP) is 3.26. The monoisotopic (exact) mass is 424 g/mol. The van der Waals surface area contributed by atoms with Gasteiger partial charge in [0.1, 0.15) is 24.4 Å². The van der Waals surface area contributed by atoms with Gasteiger partial charge in [0, 0.05) is 31.4 Å². The number of fused-ring (bicyclic) bond motifs is 1. The second-order valence-corrected chi connectivity index (χ2v) is 6.60. The Hall–Kier alpha value is -3.79. The number of pyridine rings is 2. The average Bonchev–Trinajstić information content (AvgIpc) is 3.20. The smallest absolute Gasteiger partial charge is 0.226 e. The second-order valence-electron chi connectivity index (χ2n) is 6.60. The molecule has 0 saturated heterocycles. The molecule has 9 nitrogen and oxygen atoms in total. The molecule has 31 heavy (non-hydrogen) atoms. The number of anilines is 2. The van der Waals surface area contributed by atoms with Gasteiger partial charge in [-0.1, -0.05) is 6.07 Å². The molecule has 0 bridgehead atoms. The van der Waals surface area contributed by atoms with Gasteiger partial charge in [-0.2, -0.15) is 4.39 Å². The number of halogens is 1. The van der Waals surface area contributed by atoms with Crippen molar-refractivity contribution in [2.24, 2.45) is 0 Å². The molecule has 0 saturated carbocycles. The van der Waals surface area contributed by atoms with E-state index in [2.05, 4.69) is 30.2 Å². The van der Waals surface area contributed by atoms with Crippen LogP contribution in [0.5, 0.6) is 11.8 Å². The van der Waals surface area contributed by atoms with E-state index in [-0.39, 0.29) is 0 Å². The topological polar surface area (TPSA) is 107 Å². The van der Waals surface area contributed by atoms with Crippen molar-refractivity contribution in [3.8, 4) is 11.8 Å². The van der Waals surface area contributed by atoms with Crippen molar-refractivity contribution in [2.75, 3.05) is 32.8 Å². The van der Waals surface area contributed by atoms with Gasteiger partial charge in [0.15, 0.2) is 0 Å². The highest BCUT2D eigenvalue weighted by Gasteiger charge is 2.15. The number of nitrogens with one attached hydrogen (secondary N) is 2. The molecule has 0 fully saturated rings. The van der Waals surface area contributed by atoms with Gasteiger partial charge in [0.2, 0.25) is 17.7 Å². The Balaban J connectivity index is 1.53. The van der Waals surface area contributed by atoms with Crippen LogP contribution in [-0.2, 0) is 11.2 Å². The van der Waals surface area contributed by atoms with Crippen LogP contribution in [-0.4, -0.2) is 52.4 Å². The van der Waals surface area contributed by atoms with Crippen LogP contribution >= 0.6 is 0 Å². The lowest BCUT2D eigenvalue weighted by Crippen LogP contribution is -2.06. The number of hydrogen-bond donors (Lipinski definition) is 2. The van der Waals surface area contributed by atoms with Gasteiger partial charge >= 0.3 is 0 Å². The number of rotatable bonds is 9. The van der Waals surface area contributed by atoms with E-state index in [0.717, 1.165) is 5.56 Å². The molecular weight excluding hydrogens is 403 g/mol. The lowest BCUT2D eigenvalue weighted by Gasteiger charge is -2.09. The minimum atomic E-state index is -0.570. The van der Waals surface area contributed by atoms with Crippen LogP contribution in [0.2, 0.25) is 0 Å². The SMILES string of the molecule is COCCOc1ncnc2[nH]cc(Cc3ccc(Nc4ccc(OC)nc4)nc3F)c12. The van der Waals surface area contributed by atoms with Crippen molar-refractivity contribution in [3.05, 3.63) is 60.1 Å². The Morgan fingerprint density at radius 1 is 1.03 bits per heavy atom. The fraction of sp³-hybridized carbons (Fsp3) is 0.238. The summed E-state index contributed by atoms with van der Waals surface area (Å²) in [5.74, 6) is 0.726. The van der Waals surface area contributed by atoms with Gasteiger partial charge in [-0.3, -0.25) is 0 Å². The van der Waals surface area contributed by atoms with Crippen LogP contribution in [0.1, 0.15) is 11.1 Å². The predicted molar refractivity (Wildman–Crippen MR) is 112 cm³/mol. The second kappa shape index (κ2) is 9.35. The molecule has 4 aromatic heterocycles. The normalized spacial score (nSPS) is 10.9.